The molecule has 2 aliphatic rings. The van der Waals surface area contributed by atoms with Crippen LogP contribution in [0.3, 0.4) is 0 Å². The van der Waals surface area contributed by atoms with Gasteiger partial charge < -0.3 is 28.8 Å². The zero-order valence-corrected chi connectivity index (χ0v) is 22.2. The summed E-state index contributed by atoms with van der Waals surface area (Å²) in [6.45, 7) is 1.37. The number of fused-ring (bicyclic) bond motifs is 5. The van der Waals surface area contributed by atoms with Crippen molar-refractivity contribution in [2.75, 3.05) is 24.2 Å². The minimum atomic E-state index is -1.46. The highest BCUT2D eigenvalue weighted by molar-refractivity contribution is 6.27. The Bertz CT molecular complexity index is 1310. The summed E-state index contributed by atoms with van der Waals surface area (Å²) in [5.74, 6) is -5.45. The lowest BCUT2D eigenvalue weighted by Gasteiger charge is -2.37. The van der Waals surface area contributed by atoms with Gasteiger partial charge in [0.2, 0.25) is 5.75 Å². The highest BCUT2D eigenvalue weighted by Crippen LogP contribution is 2.56. The second kappa shape index (κ2) is 11.4. The first kappa shape index (κ1) is 28.0. The largest absolute Gasteiger partial charge is 0.486 e. The fourth-order valence-corrected chi connectivity index (χ4v) is 4.62. The molecule has 0 spiro atoms. The fraction of sp³-hybridized carbons (Fsp3) is 0.360. The first-order chi connectivity index (χ1) is 18.1. The van der Waals surface area contributed by atoms with Gasteiger partial charge in [-0.25, -0.2) is 0 Å². The molecule has 38 heavy (non-hydrogen) atoms. The van der Waals surface area contributed by atoms with Crippen LogP contribution in [0.25, 0.3) is 0 Å². The standard InChI is InChI=1S/C25H21Cl3O10/c1-2-18(29)36-16-5-12-7-25(33)11-34-23-13(22(25)14(12)6-17(16)37-20(31)9-27)3-4-15(35-19(30)8-26)24(23)38-21(32)10-28/h3-6,22,33H,2,7-11H2,1H3/t22-,25+/m0/s1. The Balaban J connectivity index is 1.86. The van der Waals surface area contributed by atoms with Crippen LogP contribution in [0.2, 0.25) is 0 Å². The molecule has 0 unspecified atom stereocenters. The van der Waals surface area contributed by atoms with E-state index in [1.165, 1.54) is 18.2 Å². The molecule has 1 aliphatic carbocycles. The Morgan fingerprint density at radius 1 is 0.868 bits per heavy atom. The zero-order chi connectivity index (χ0) is 27.6. The molecule has 2 aromatic carbocycles. The maximum Gasteiger partial charge on any atom is 0.326 e. The van der Waals surface area contributed by atoms with Gasteiger partial charge in [-0.2, -0.15) is 0 Å². The van der Waals surface area contributed by atoms with Crippen LogP contribution in [-0.2, 0) is 25.6 Å². The van der Waals surface area contributed by atoms with Gasteiger partial charge in [0.15, 0.2) is 23.0 Å². The van der Waals surface area contributed by atoms with Gasteiger partial charge in [-0.3, -0.25) is 19.2 Å². The van der Waals surface area contributed by atoms with Crippen molar-refractivity contribution < 1.29 is 48.0 Å². The fourth-order valence-electron chi connectivity index (χ4n) is 4.46. The number of halogens is 3. The molecule has 2 aromatic rings. The molecule has 2 atom stereocenters. The number of carbonyl (C=O) groups is 4. The lowest BCUT2D eigenvalue weighted by atomic mass is 9.80. The Morgan fingerprint density at radius 2 is 1.45 bits per heavy atom. The van der Waals surface area contributed by atoms with Crippen molar-refractivity contribution in [3.8, 4) is 28.7 Å². The highest BCUT2D eigenvalue weighted by Gasteiger charge is 2.51. The number of ether oxygens (including phenoxy) is 5. The number of hydrogen-bond donors (Lipinski definition) is 1. The third-order valence-electron chi connectivity index (χ3n) is 5.94. The van der Waals surface area contributed by atoms with Crippen LogP contribution in [0.5, 0.6) is 28.7 Å². The van der Waals surface area contributed by atoms with Crippen LogP contribution in [0.4, 0.5) is 0 Å². The van der Waals surface area contributed by atoms with Gasteiger partial charge in [-0.1, -0.05) is 13.0 Å². The van der Waals surface area contributed by atoms with Gasteiger partial charge >= 0.3 is 23.9 Å². The summed E-state index contributed by atoms with van der Waals surface area (Å²) in [5.41, 5.74) is 0.0910. The van der Waals surface area contributed by atoms with Crippen molar-refractivity contribution in [3.63, 3.8) is 0 Å². The van der Waals surface area contributed by atoms with Gasteiger partial charge in [-0.15, -0.1) is 34.8 Å². The molecule has 0 radical (unpaired) electrons. The average molecular weight is 588 g/mol. The molecule has 0 fully saturated rings. The van der Waals surface area contributed by atoms with E-state index in [0.717, 1.165) is 0 Å². The third kappa shape index (κ3) is 5.40. The van der Waals surface area contributed by atoms with Gasteiger partial charge in [-0.05, 0) is 29.3 Å². The van der Waals surface area contributed by atoms with E-state index in [9.17, 15) is 24.3 Å². The molecule has 0 saturated carbocycles. The van der Waals surface area contributed by atoms with E-state index in [2.05, 4.69) is 0 Å². The molecule has 0 amide bonds. The smallest absolute Gasteiger partial charge is 0.326 e. The van der Waals surface area contributed by atoms with E-state index in [0.29, 0.717) is 16.7 Å². The molecular formula is C25H21Cl3O10. The molecule has 4 rings (SSSR count). The van der Waals surface area contributed by atoms with Gasteiger partial charge in [0.1, 0.15) is 29.8 Å². The minimum Gasteiger partial charge on any atom is -0.486 e. The first-order valence-corrected chi connectivity index (χ1v) is 12.9. The second-order valence-corrected chi connectivity index (χ2v) is 9.26. The lowest BCUT2D eigenvalue weighted by Crippen LogP contribution is -2.44. The van der Waals surface area contributed by atoms with Crippen LogP contribution in [-0.4, -0.2) is 58.8 Å². The van der Waals surface area contributed by atoms with Crippen LogP contribution >= 0.6 is 34.8 Å². The van der Waals surface area contributed by atoms with Crippen molar-refractivity contribution in [1.82, 2.24) is 0 Å². The molecule has 0 bridgehead atoms. The number of esters is 4. The van der Waals surface area contributed by atoms with Crippen molar-refractivity contribution in [3.05, 3.63) is 41.0 Å². The number of benzene rings is 2. The van der Waals surface area contributed by atoms with Crippen LogP contribution < -0.4 is 23.7 Å². The molecule has 1 N–H and O–H groups in total. The Hall–Kier alpha value is -3.05. The Labute approximate surface area is 231 Å². The molecule has 10 nitrogen and oxygen atoms in total. The van der Waals surface area contributed by atoms with E-state index in [1.807, 2.05) is 0 Å². The lowest BCUT2D eigenvalue weighted by molar-refractivity contribution is -0.135. The summed E-state index contributed by atoms with van der Waals surface area (Å²) in [6.07, 6.45) is 0.181. The molecule has 0 saturated heterocycles. The Kier molecular flexibility index (Phi) is 8.37. The van der Waals surface area contributed by atoms with Crippen molar-refractivity contribution >= 4 is 58.7 Å². The Morgan fingerprint density at radius 3 is 2.08 bits per heavy atom. The van der Waals surface area contributed by atoms with E-state index in [1.54, 1.807) is 13.0 Å². The number of alkyl halides is 3. The predicted octanol–water partition coefficient (Wildman–Crippen LogP) is 3.25. The molecule has 1 heterocycles. The summed E-state index contributed by atoms with van der Waals surface area (Å²) in [4.78, 5) is 47.9. The average Bonchev–Trinajstić information content (AvgIpc) is 3.20. The maximum atomic E-state index is 12.1. The van der Waals surface area contributed by atoms with Gasteiger partial charge in [0.25, 0.3) is 0 Å². The SMILES string of the molecule is CCC(=O)Oc1cc2c(cc1OC(=O)CCl)[C@@H]1c3ccc(OC(=O)CCl)c(OC(=O)CCl)c3OC[C@]1(O)C2. The van der Waals surface area contributed by atoms with E-state index in [4.69, 9.17) is 58.5 Å². The quantitative estimate of drug-likeness (QED) is 0.279. The maximum absolute atomic E-state index is 12.1. The topological polar surface area (TPSA) is 135 Å². The van der Waals surface area contributed by atoms with Crippen molar-refractivity contribution in [2.45, 2.75) is 31.3 Å². The number of rotatable bonds is 8. The minimum absolute atomic E-state index is 0.00229. The number of aliphatic hydroxyl groups is 1. The number of hydrogen-bond acceptors (Lipinski definition) is 10. The first-order valence-electron chi connectivity index (χ1n) is 11.3. The normalized spacial score (nSPS) is 18.8. The van der Waals surface area contributed by atoms with Crippen LogP contribution in [0.15, 0.2) is 24.3 Å². The second-order valence-electron chi connectivity index (χ2n) is 8.46. The van der Waals surface area contributed by atoms with E-state index in [-0.39, 0.29) is 48.2 Å². The molecule has 13 heteroatoms. The van der Waals surface area contributed by atoms with E-state index < -0.39 is 53.0 Å². The van der Waals surface area contributed by atoms with Crippen molar-refractivity contribution in [2.24, 2.45) is 0 Å². The summed E-state index contributed by atoms with van der Waals surface area (Å²) < 4.78 is 27.1. The summed E-state index contributed by atoms with van der Waals surface area (Å²) in [6, 6.07) is 5.92. The monoisotopic (exact) mass is 586 g/mol. The zero-order valence-electron chi connectivity index (χ0n) is 19.9. The number of carbonyl (C=O) groups excluding carboxylic acids is 4. The van der Waals surface area contributed by atoms with Crippen LogP contribution in [0, 0.1) is 0 Å². The summed E-state index contributed by atoms with van der Waals surface area (Å²) in [5, 5.41) is 11.6. The highest BCUT2D eigenvalue weighted by atomic mass is 35.5. The van der Waals surface area contributed by atoms with Gasteiger partial charge in [0, 0.05) is 24.3 Å². The molecule has 202 valence electrons. The van der Waals surface area contributed by atoms with Crippen molar-refractivity contribution in [1.29, 1.82) is 0 Å². The summed E-state index contributed by atoms with van der Waals surface area (Å²) in [7, 11) is 0. The molecular weight excluding hydrogens is 567 g/mol. The predicted molar refractivity (Wildman–Crippen MR) is 134 cm³/mol. The molecule has 0 aromatic heterocycles. The molecule has 1 aliphatic heterocycles. The van der Waals surface area contributed by atoms with E-state index >= 15 is 0 Å². The summed E-state index contributed by atoms with van der Waals surface area (Å²) >= 11 is 16.8. The van der Waals surface area contributed by atoms with Gasteiger partial charge in [0.05, 0.1) is 0 Å². The van der Waals surface area contributed by atoms with Crippen LogP contribution in [0.1, 0.15) is 36.0 Å². The third-order valence-corrected chi connectivity index (χ3v) is 6.59.